The van der Waals surface area contributed by atoms with Gasteiger partial charge in [0.05, 0.1) is 13.2 Å². The number of aromatic nitrogens is 1. The fourth-order valence-electron chi connectivity index (χ4n) is 2.67. The smallest absolute Gasteiger partial charge is 0.257 e. The minimum absolute atomic E-state index is 0.204. The minimum atomic E-state index is -0.204. The molecule has 6 heteroatoms. The molecule has 1 saturated carbocycles. The Labute approximate surface area is 139 Å². The molecule has 0 unspecified atom stereocenters. The Bertz CT molecular complexity index is 693. The molecule has 1 N–H and O–H groups in total. The number of nitrogens with zero attached hydrogens (tertiary/aromatic N) is 1. The predicted molar refractivity (Wildman–Crippen MR) is 90.7 cm³/mol. The van der Waals surface area contributed by atoms with Gasteiger partial charge in [-0.25, -0.2) is 4.98 Å². The molecule has 1 aliphatic rings. The molecule has 1 aromatic heterocycles. The molecule has 0 atom stereocenters. The summed E-state index contributed by atoms with van der Waals surface area (Å²) in [6.45, 7) is 1.95. The molecule has 1 fully saturated rings. The Morgan fingerprint density at radius 1 is 1.30 bits per heavy atom. The van der Waals surface area contributed by atoms with E-state index in [1.54, 1.807) is 31.5 Å². The quantitative estimate of drug-likeness (QED) is 0.898. The van der Waals surface area contributed by atoms with Gasteiger partial charge in [-0.05, 0) is 50.8 Å². The third-order valence-corrected chi connectivity index (χ3v) is 4.69. The number of rotatable bonds is 5. The lowest BCUT2D eigenvalue weighted by Gasteiger charge is -2.16. The van der Waals surface area contributed by atoms with Gasteiger partial charge in [0.1, 0.15) is 0 Å². The number of anilines is 1. The van der Waals surface area contributed by atoms with Crippen molar-refractivity contribution in [3.8, 4) is 11.5 Å². The molecule has 5 nitrogen and oxygen atoms in total. The van der Waals surface area contributed by atoms with Gasteiger partial charge in [0, 0.05) is 16.6 Å². The Hall–Kier alpha value is -2.08. The number of carbonyl (C=O) groups excluding carboxylic acids is 1. The van der Waals surface area contributed by atoms with Crippen molar-refractivity contribution in [3.05, 3.63) is 34.8 Å². The van der Waals surface area contributed by atoms with Crippen LogP contribution in [0.5, 0.6) is 11.5 Å². The highest BCUT2D eigenvalue weighted by Gasteiger charge is 2.19. The van der Waals surface area contributed by atoms with Crippen molar-refractivity contribution in [2.24, 2.45) is 0 Å². The van der Waals surface area contributed by atoms with Crippen LogP contribution in [0.3, 0.4) is 0 Å². The highest BCUT2D eigenvalue weighted by Crippen LogP contribution is 2.32. The molecule has 1 heterocycles. The number of amides is 1. The first kappa shape index (κ1) is 15.8. The zero-order chi connectivity index (χ0) is 16.2. The van der Waals surface area contributed by atoms with Crippen LogP contribution in [-0.2, 0) is 0 Å². The molecular formula is C17H20N2O3S. The molecule has 122 valence electrons. The maximum absolute atomic E-state index is 12.3. The van der Waals surface area contributed by atoms with Crippen molar-refractivity contribution in [2.45, 2.75) is 38.7 Å². The topological polar surface area (TPSA) is 60.5 Å². The van der Waals surface area contributed by atoms with Gasteiger partial charge < -0.3 is 9.47 Å². The van der Waals surface area contributed by atoms with E-state index in [4.69, 9.17) is 9.47 Å². The standard InChI is InChI=1S/C17H20N2O3S/c1-11-10-18-17(23-11)19-16(20)12-7-8-14(15(9-12)21-2)22-13-5-3-4-6-13/h7-10,13H,3-6H2,1-2H3,(H,18,19,20). The molecule has 1 aromatic carbocycles. The number of nitrogens with one attached hydrogen (secondary N) is 1. The molecule has 1 aliphatic carbocycles. The van der Waals surface area contributed by atoms with Crippen LogP contribution in [0, 0.1) is 6.92 Å². The van der Waals surface area contributed by atoms with Crippen LogP contribution >= 0.6 is 11.3 Å². The number of methoxy groups -OCH3 is 1. The van der Waals surface area contributed by atoms with Crippen LogP contribution in [-0.4, -0.2) is 24.1 Å². The summed E-state index contributed by atoms with van der Waals surface area (Å²) < 4.78 is 11.4. The monoisotopic (exact) mass is 332 g/mol. The van der Waals surface area contributed by atoms with E-state index in [0.29, 0.717) is 22.2 Å². The maximum Gasteiger partial charge on any atom is 0.257 e. The van der Waals surface area contributed by atoms with Crippen molar-refractivity contribution in [2.75, 3.05) is 12.4 Å². The van der Waals surface area contributed by atoms with Gasteiger partial charge in [-0.2, -0.15) is 0 Å². The van der Waals surface area contributed by atoms with E-state index in [1.165, 1.54) is 24.2 Å². The predicted octanol–water partition coefficient (Wildman–Crippen LogP) is 4.03. The van der Waals surface area contributed by atoms with Crippen LogP contribution < -0.4 is 14.8 Å². The highest BCUT2D eigenvalue weighted by molar-refractivity contribution is 7.15. The molecule has 0 aliphatic heterocycles. The summed E-state index contributed by atoms with van der Waals surface area (Å²) in [5.41, 5.74) is 0.522. The van der Waals surface area contributed by atoms with E-state index >= 15 is 0 Å². The van der Waals surface area contributed by atoms with E-state index < -0.39 is 0 Å². The SMILES string of the molecule is COc1cc(C(=O)Nc2ncc(C)s2)ccc1OC1CCCC1. The van der Waals surface area contributed by atoms with Crippen LogP contribution in [0.2, 0.25) is 0 Å². The van der Waals surface area contributed by atoms with E-state index in [9.17, 15) is 4.79 Å². The normalized spacial score (nSPS) is 14.7. The van der Waals surface area contributed by atoms with Gasteiger partial charge in [-0.3, -0.25) is 10.1 Å². The van der Waals surface area contributed by atoms with Crippen LogP contribution in [0.1, 0.15) is 40.9 Å². The highest BCUT2D eigenvalue weighted by atomic mass is 32.1. The van der Waals surface area contributed by atoms with E-state index in [1.807, 2.05) is 6.92 Å². The summed E-state index contributed by atoms with van der Waals surface area (Å²) in [5, 5.41) is 3.39. The van der Waals surface area contributed by atoms with Crippen molar-refractivity contribution in [1.29, 1.82) is 0 Å². The molecule has 0 bridgehead atoms. The third kappa shape index (κ3) is 3.82. The van der Waals surface area contributed by atoms with Gasteiger partial charge in [-0.15, -0.1) is 11.3 Å². The first-order valence-corrected chi connectivity index (χ1v) is 8.56. The van der Waals surface area contributed by atoms with Gasteiger partial charge in [0.2, 0.25) is 0 Å². The zero-order valence-electron chi connectivity index (χ0n) is 13.3. The summed E-state index contributed by atoms with van der Waals surface area (Å²) in [6.07, 6.45) is 6.56. The Morgan fingerprint density at radius 3 is 2.74 bits per heavy atom. The molecule has 0 spiro atoms. The summed E-state index contributed by atoms with van der Waals surface area (Å²) in [5.74, 6) is 1.07. The number of benzene rings is 1. The fourth-order valence-corrected chi connectivity index (χ4v) is 3.33. The lowest BCUT2D eigenvalue weighted by Crippen LogP contribution is -2.14. The van der Waals surface area contributed by atoms with Crippen LogP contribution in [0.4, 0.5) is 5.13 Å². The fraction of sp³-hybridized carbons (Fsp3) is 0.412. The minimum Gasteiger partial charge on any atom is -0.493 e. The maximum atomic E-state index is 12.3. The Kier molecular flexibility index (Phi) is 4.81. The van der Waals surface area contributed by atoms with E-state index in [-0.39, 0.29) is 12.0 Å². The average molecular weight is 332 g/mol. The molecular weight excluding hydrogens is 312 g/mol. The van der Waals surface area contributed by atoms with E-state index in [2.05, 4.69) is 10.3 Å². The Balaban J connectivity index is 1.73. The van der Waals surface area contributed by atoms with Crippen molar-refractivity contribution in [3.63, 3.8) is 0 Å². The van der Waals surface area contributed by atoms with Crippen molar-refractivity contribution < 1.29 is 14.3 Å². The molecule has 0 saturated heterocycles. The van der Waals surface area contributed by atoms with Gasteiger partial charge in [0.25, 0.3) is 5.91 Å². The lowest BCUT2D eigenvalue weighted by molar-refractivity contribution is 0.102. The van der Waals surface area contributed by atoms with Crippen molar-refractivity contribution in [1.82, 2.24) is 4.98 Å². The van der Waals surface area contributed by atoms with Gasteiger partial charge in [-0.1, -0.05) is 0 Å². The molecule has 3 rings (SSSR count). The summed E-state index contributed by atoms with van der Waals surface area (Å²) >= 11 is 1.45. The number of hydrogen-bond acceptors (Lipinski definition) is 5. The molecule has 0 radical (unpaired) electrons. The number of carbonyl (C=O) groups is 1. The second-order valence-electron chi connectivity index (χ2n) is 5.62. The lowest BCUT2D eigenvalue weighted by atomic mass is 10.2. The van der Waals surface area contributed by atoms with Gasteiger partial charge in [0.15, 0.2) is 16.6 Å². The zero-order valence-corrected chi connectivity index (χ0v) is 14.1. The second-order valence-corrected chi connectivity index (χ2v) is 6.85. The van der Waals surface area contributed by atoms with Crippen LogP contribution in [0.25, 0.3) is 0 Å². The second kappa shape index (κ2) is 7.00. The third-order valence-electron chi connectivity index (χ3n) is 3.86. The summed E-state index contributed by atoms with van der Waals surface area (Å²) in [7, 11) is 1.59. The molecule has 1 amide bonds. The number of ether oxygens (including phenoxy) is 2. The first-order valence-electron chi connectivity index (χ1n) is 7.74. The van der Waals surface area contributed by atoms with Gasteiger partial charge >= 0.3 is 0 Å². The number of thiazole rings is 1. The Morgan fingerprint density at radius 2 is 2.09 bits per heavy atom. The number of hydrogen-bond donors (Lipinski definition) is 1. The first-order chi connectivity index (χ1) is 11.2. The van der Waals surface area contributed by atoms with Crippen molar-refractivity contribution >= 4 is 22.4 Å². The molecule has 23 heavy (non-hydrogen) atoms. The molecule has 2 aromatic rings. The number of aryl methyl sites for hydroxylation is 1. The average Bonchev–Trinajstić information content (AvgIpc) is 3.19. The largest absolute Gasteiger partial charge is 0.493 e. The van der Waals surface area contributed by atoms with Crippen LogP contribution in [0.15, 0.2) is 24.4 Å². The van der Waals surface area contributed by atoms with E-state index in [0.717, 1.165) is 17.7 Å². The summed E-state index contributed by atoms with van der Waals surface area (Å²) in [4.78, 5) is 17.5. The summed E-state index contributed by atoms with van der Waals surface area (Å²) in [6, 6.07) is 5.27.